The predicted octanol–water partition coefficient (Wildman–Crippen LogP) is 11.7. The van der Waals surface area contributed by atoms with Gasteiger partial charge in [-0.3, -0.25) is 0 Å². The van der Waals surface area contributed by atoms with Crippen molar-refractivity contribution in [3.8, 4) is 56.4 Å². The fraction of sp³-hybridized carbons (Fsp3) is 0.133. The van der Waals surface area contributed by atoms with Crippen LogP contribution in [0.25, 0.3) is 78.4 Å². The highest BCUT2D eigenvalue weighted by molar-refractivity contribution is 6.11. The zero-order valence-corrected chi connectivity index (χ0v) is 27.1. The van der Waals surface area contributed by atoms with Crippen molar-refractivity contribution in [1.29, 1.82) is 0 Å². The van der Waals surface area contributed by atoms with Crippen LogP contribution in [0.5, 0.6) is 0 Å². The maximum Gasteiger partial charge on any atom is 0.164 e. The lowest BCUT2D eigenvalue weighted by atomic mass is 9.68. The van der Waals surface area contributed by atoms with Crippen molar-refractivity contribution in [3.63, 3.8) is 0 Å². The summed E-state index contributed by atoms with van der Waals surface area (Å²) in [6.07, 6.45) is 6.37. The molecule has 234 valence electrons. The summed E-state index contributed by atoms with van der Waals surface area (Å²) in [5.41, 5.74) is 12.9. The summed E-state index contributed by atoms with van der Waals surface area (Å²) in [6.45, 7) is 0. The van der Waals surface area contributed by atoms with Gasteiger partial charge in [0.15, 0.2) is 17.5 Å². The van der Waals surface area contributed by atoms with Crippen molar-refractivity contribution in [3.05, 3.63) is 151 Å². The summed E-state index contributed by atoms with van der Waals surface area (Å²) in [5, 5.41) is 2.06. The second kappa shape index (κ2) is 11.1. The van der Waals surface area contributed by atoms with E-state index in [2.05, 4.69) is 78.9 Å². The van der Waals surface area contributed by atoms with E-state index in [-0.39, 0.29) is 5.41 Å². The first-order valence-corrected chi connectivity index (χ1v) is 17.3. The van der Waals surface area contributed by atoms with Gasteiger partial charge in [-0.1, -0.05) is 147 Å². The Labute approximate surface area is 285 Å². The normalized spacial score (nSPS) is 14.7. The second-order valence-corrected chi connectivity index (χ2v) is 13.4. The van der Waals surface area contributed by atoms with E-state index in [0.29, 0.717) is 17.5 Å². The van der Waals surface area contributed by atoms with Crippen molar-refractivity contribution in [2.75, 3.05) is 0 Å². The average Bonchev–Trinajstić information content (AvgIpc) is 3.69. The van der Waals surface area contributed by atoms with Crippen molar-refractivity contribution >= 4 is 21.9 Å². The molecule has 0 radical (unpaired) electrons. The van der Waals surface area contributed by atoms with Gasteiger partial charge < -0.3 is 4.42 Å². The van der Waals surface area contributed by atoms with Gasteiger partial charge in [-0.05, 0) is 58.4 Å². The molecule has 8 aromatic rings. The topological polar surface area (TPSA) is 51.8 Å². The Hall–Kier alpha value is -5.87. The molecule has 2 heterocycles. The van der Waals surface area contributed by atoms with Crippen LogP contribution in [0.4, 0.5) is 0 Å². The number of rotatable bonds is 4. The van der Waals surface area contributed by atoms with E-state index in [1.54, 1.807) is 0 Å². The van der Waals surface area contributed by atoms with Gasteiger partial charge in [-0.15, -0.1) is 0 Å². The molecule has 1 spiro atoms. The Kier molecular flexibility index (Phi) is 6.38. The third kappa shape index (κ3) is 4.40. The summed E-state index contributed by atoms with van der Waals surface area (Å²) in [7, 11) is 0. The molecule has 0 saturated heterocycles. The van der Waals surface area contributed by atoms with Crippen LogP contribution in [0.1, 0.15) is 43.2 Å². The molecule has 6 aromatic carbocycles. The van der Waals surface area contributed by atoms with Crippen molar-refractivity contribution in [1.82, 2.24) is 15.0 Å². The third-order valence-electron chi connectivity index (χ3n) is 10.8. The Morgan fingerprint density at radius 2 is 1.02 bits per heavy atom. The molecule has 10 rings (SSSR count). The first kappa shape index (κ1) is 28.2. The second-order valence-electron chi connectivity index (χ2n) is 13.4. The minimum atomic E-state index is 0.137. The molecule has 1 saturated carbocycles. The quantitative estimate of drug-likeness (QED) is 0.194. The van der Waals surface area contributed by atoms with Gasteiger partial charge in [0.2, 0.25) is 0 Å². The van der Waals surface area contributed by atoms with Crippen LogP contribution >= 0.6 is 0 Å². The molecule has 2 aliphatic rings. The highest BCUT2D eigenvalue weighted by Gasteiger charge is 2.44. The van der Waals surface area contributed by atoms with E-state index in [1.165, 1.54) is 65.5 Å². The number of furan rings is 1. The van der Waals surface area contributed by atoms with Gasteiger partial charge in [-0.25, -0.2) is 15.0 Å². The average molecular weight is 632 g/mol. The van der Waals surface area contributed by atoms with E-state index in [1.807, 2.05) is 60.7 Å². The first-order valence-electron chi connectivity index (χ1n) is 17.3. The molecule has 1 fully saturated rings. The molecule has 4 nitrogen and oxygen atoms in total. The van der Waals surface area contributed by atoms with Crippen molar-refractivity contribution in [2.24, 2.45) is 0 Å². The van der Waals surface area contributed by atoms with E-state index in [4.69, 9.17) is 19.4 Å². The monoisotopic (exact) mass is 631 g/mol. The SMILES string of the molecule is c1ccc(-c2nc(-c3ccc(-c4cccc5c4-c4ccccc4C54CCCCC4)cc3)nc(-c3cccc4oc5ccccc5c34)n2)cc1. The lowest BCUT2D eigenvalue weighted by Crippen LogP contribution is -2.27. The van der Waals surface area contributed by atoms with Gasteiger partial charge in [-0.2, -0.15) is 0 Å². The maximum absolute atomic E-state index is 6.22. The largest absolute Gasteiger partial charge is 0.456 e. The molecule has 0 atom stereocenters. The van der Waals surface area contributed by atoms with Crippen LogP contribution < -0.4 is 0 Å². The van der Waals surface area contributed by atoms with Gasteiger partial charge in [0, 0.05) is 32.9 Å². The summed E-state index contributed by atoms with van der Waals surface area (Å²) in [6, 6.07) is 49.2. The first-order chi connectivity index (χ1) is 24.3. The molecule has 0 bridgehead atoms. The van der Waals surface area contributed by atoms with Gasteiger partial charge >= 0.3 is 0 Å². The summed E-state index contributed by atoms with van der Waals surface area (Å²) in [4.78, 5) is 15.2. The van der Waals surface area contributed by atoms with E-state index >= 15 is 0 Å². The summed E-state index contributed by atoms with van der Waals surface area (Å²) < 4.78 is 6.22. The molecule has 2 aliphatic carbocycles. The van der Waals surface area contributed by atoms with Gasteiger partial charge in [0.25, 0.3) is 0 Å². The lowest BCUT2D eigenvalue weighted by Gasteiger charge is -2.36. The van der Waals surface area contributed by atoms with Crippen LogP contribution in [-0.4, -0.2) is 15.0 Å². The van der Waals surface area contributed by atoms with Crippen molar-refractivity contribution < 1.29 is 4.42 Å². The Morgan fingerprint density at radius 1 is 0.429 bits per heavy atom. The Balaban J connectivity index is 1.11. The molecular weight excluding hydrogens is 599 g/mol. The Morgan fingerprint density at radius 3 is 1.86 bits per heavy atom. The smallest absolute Gasteiger partial charge is 0.164 e. The van der Waals surface area contributed by atoms with Crippen LogP contribution in [0.15, 0.2) is 144 Å². The standard InChI is InChI=1S/C45H33N3O/c1-3-13-30(14-4-1)42-46-43(48-44(47-42)35-18-12-22-39-41(35)34-16-6-8-21-38(34)49-39)31-25-23-29(24-26-31)32-17-11-20-37-40(32)33-15-5-7-19-36(33)45(37)27-9-2-10-28-45/h1,3-8,11-26H,2,9-10,27-28H2. The molecule has 0 aliphatic heterocycles. The number of benzene rings is 6. The van der Waals surface area contributed by atoms with Gasteiger partial charge in [0.05, 0.1) is 0 Å². The molecule has 0 unspecified atom stereocenters. The summed E-state index contributed by atoms with van der Waals surface area (Å²) in [5.74, 6) is 1.91. The van der Waals surface area contributed by atoms with Crippen LogP contribution in [0.2, 0.25) is 0 Å². The minimum Gasteiger partial charge on any atom is -0.456 e. The number of fused-ring (bicyclic) bond motifs is 8. The van der Waals surface area contributed by atoms with Crippen LogP contribution in [0.3, 0.4) is 0 Å². The molecular formula is C45H33N3O. The van der Waals surface area contributed by atoms with Gasteiger partial charge in [0.1, 0.15) is 11.2 Å². The number of nitrogens with zero attached hydrogens (tertiary/aromatic N) is 3. The zero-order chi connectivity index (χ0) is 32.4. The van der Waals surface area contributed by atoms with E-state index in [0.717, 1.165) is 38.6 Å². The van der Waals surface area contributed by atoms with E-state index in [9.17, 15) is 0 Å². The zero-order valence-electron chi connectivity index (χ0n) is 27.1. The highest BCUT2D eigenvalue weighted by atomic mass is 16.3. The number of para-hydroxylation sites is 1. The maximum atomic E-state index is 6.22. The van der Waals surface area contributed by atoms with E-state index < -0.39 is 0 Å². The predicted molar refractivity (Wildman–Crippen MR) is 198 cm³/mol. The summed E-state index contributed by atoms with van der Waals surface area (Å²) >= 11 is 0. The van der Waals surface area contributed by atoms with Crippen LogP contribution in [0, 0.1) is 0 Å². The molecule has 49 heavy (non-hydrogen) atoms. The fourth-order valence-corrected chi connectivity index (χ4v) is 8.54. The highest BCUT2D eigenvalue weighted by Crippen LogP contribution is 2.57. The lowest BCUT2D eigenvalue weighted by molar-refractivity contribution is 0.353. The molecule has 4 heteroatoms. The minimum absolute atomic E-state index is 0.137. The number of hydrogen-bond acceptors (Lipinski definition) is 4. The number of hydrogen-bond donors (Lipinski definition) is 0. The molecule has 0 N–H and O–H groups in total. The number of aromatic nitrogens is 3. The van der Waals surface area contributed by atoms with Crippen molar-refractivity contribution in [2.45, 2.75) is 37.5 Å². The third-order valence-corrected chi connectivity index (χ3v) is 10.8. The molecule has 2 aromatic heterocycles. The van der Waals surface area contributed by atoms with Crippen LogP contribution in [-0.2, 0) is 5.41 Å². The fourth-order valence-electron chi connectivity index (χ4n) is 8.54. The molecule has 0 amide bonds. The Bertz CT molecular complexity index is 2520.